The van der Waals surface area contributed by atoms with Gasteiger partial charge in [-0.1, -0.05) is 6.07 Å². The molecular formula is C15H18INO3. The van der Waals surface area contributed by atoms with Crippen LogP contribution in [0.4, 0.5) is 0 Å². The Labute approximate surface area is 132 Å². The number of carbonyl (C=O) groups is 1. The van der Waals surface area contributed by atoms with Crippen LogP contribution in [-0.4, -0.2) is 42.7 Å². The van der Waals surface area contributed by atoms with Crippen molar-refractivity contribution < 1.29 is 14.3 Å². The van der Waals surface area contributed by atoms with E-state index in [1.165, 1.54) is 7.11 Å². The Morgan fingerprint density at radius 3 is 3.10 bits per heavy atom. The van der Waals surface area contributed by atoms with Crippen molar-refractivity contribution in [1.82, 2.24) is 4.90 Å². The van der Waals surface area contributed by atoms with Gasteiger partial charge >= 0.3 is 5.97 Å². The number of benzene rings is 1. The van der Waals surface area contributed by atoms with Gasteiger partial charge in [-0.25, -0.2) is 0 Å². The van der Waals surface area contributed by atoms with Crippen LogP contribution in [0.3, 0.4) is 0 Å². The Bertz CT molecular complexity index is 522. The van der Waals surface area contributed by atoms with Gasteiger partial charge in [0.1, 0.15) is 17.4 Å². The molecule has 2 saturated heterocycles. The fraction of sp³-hybridized carbons (Fsp3) is 0.533. The van der Waals surface area contributed by atoms with E-state index in [0.29, 0.717) is 0 Å². The summed E-state index contributed by atoms with van der Waals surface area (Å²) >= 11 is 2.27. The van der Waals surface area contributed by atoms with E-state index >= 15 is 0 Å². The van der Waals surface area contributed by atoms with Gasteiger partial charge in [0.15, 0.2) is 0 Å². The average Bonchev–Trinajstić information content (AvgIpc) is 2.95. The number of carbonyl (C=O) groups excluding carboxylic acids is 1. The Hall–Kier alpha value is -0.820. The highest BCUT2D eigenvalue weighted by Crippen LogP contribution is 2.41. The topological polar surface area (TPSA) is 38.8 Å². The predicted molar refractivity (Wildman–Crippen MR) is 83.7 cm³/mol. The zero-order chi connectivity index (χ0) is 14.2. The number of halogens is 1. The van der Waals surface area contributed by atoms with Gasteiger partial charge in [-0.15, -0.1) is 0 Å². The molecule has 108 valence electrons. The van der Waals surface area contributed by atoms with Gasteiger partial charge in [-0.2, -0.15) is 0 Å². The summed E-state index contributed by atoms with van der Waals surface area (Å²) in [7, 11) is 1.47. The van der Waals surface area contributed by atoms with Gasteiger partial charge in [0, 0.05) is 16.5 Å². The van der Waals surface area contributed by atoms with Crippen molar-refractivity contribution in [2.45, 2.75) is 30.9 Å². The van der Waals surface area contributed by atoms with E-state index in [9.17, 15) is 4.79 Å². The van der Waals surface area contributed by atoms with E-state index in [1.807, 2.05) is 24.3 Å². The lowest BCUT2D eigenvalue weighted by molar-refractivity contribution is -0.151. The second-order valence-corrected chi connectivity index (χ2v) is 6.72. The number of hydrogen-bond donors (Lipinski definition) is 0. The molecule has 0 aromatic heterocycles. The van der Waals surface area contributed by atoms with Gasteiger partial charge in [-0.05, 0) is 60.2 Å². The third-order valence-corrected chi connectivity index (χ3v) is 4.95. The maximum absolute atomic E-state index is 12.1. The normalized spacial score (nSPS) is 29.2. The van der Waals surface area contributed by atoms with Crippen LogP contribution in [0.1, 0.15) is 19.3 Å². The van der Waals surface area contributed by atoms with Gasteiger partial charge in [-0.3, -0.25) is 9.69 Å². The fourth-order valence-corrected chi connectivity index (χ4v) is 3.95. The van der Waals surface area contributed by atoms with Crippen molar-refractivity contribution in [3.63, 3.8) is 0 Å². The van der Waals surface area contributed by atoms with Crippen LogP contribution >= 0.6 is 22.6 Å². The molecular weight excluding hydrogens is 369 g/mol. The van der Waals surface area contributed by atoms with E-state index in [4.69, 9.17) is 9.47 Å². The number of methoxy groups -OCH3 is 1. The second kappa shape index (κ2) is 5.52. The van der Waals surface area contributed by atoms with E-state index in [0.717, 1.165) is 41.7 Å². The summed E-state index contributed by atoms with van der Waals surface area (Å²) in [6.45, 7) is 1.77. The number of fused-ring (bicyclic) bond motifs is 1. The van der Waals surface area contributed by atoms with Crippen LogP contribution < -0.4 is 4.74 Å². The lowest BCUT2D eigenvalue weighted by Gasteiger charge is -2.27. The molecule has 2 aliphatic heterocycles. The summed E-state index contributed by atoms with van der Waals surface area (Å²) in [5, 5.41) is 0. The highest BCUT2D eigenvalue weighted by atomic mass is 127. The van der Waals surface area contributed by atoms with Crippen LogP contribution in [0.2, 0.25) is 0 Å². The molecule has 0 amide bonds. The SMILES string of the molecule is COC(=O)[C@@]12CCCN1C[C@H](Oc1cccc(I)c1)C2. The van der Waals surface area contributed by atoms with Crippen LogP contribution in [0, 0.1) is 3.57 Å². The van der Waals surface area contributed by atoms with E-state index in [1.54, 1.807) is 0 Å². The Balaban J connectivity index is 1.74. The molecule has 5 heteroatoms. The molecule has 20 heavy (non-hydrogen) atoms. The van der Waals surface area contributed by atoms with Gasteiger partial charge < -0.3 is 9.47 Å². The molecule has 2 fully saturated rings. The van der Waals surface area contributed by atoms with Gasteiger partial charge in [0.05, 0.1) is 7.11 Å². The predicted octanol–water partition coefficient (Wildman–Crippen LogP) is 2.45. The van der Waals surface area contributed by atoms with Crippen molar-refractivity contribution in [2.24, 2.45) is 0 Å². The number of nitrogens with zero attached hydrogens (tertiary/aromatic N) is 1. The van der Waals surface area contributed by atoms with Crippen LogP contribution in [0.25, 0.3) is 0 Å². The Morgan fingerprint density at radius 1 is 1.50 bits per heavy atom. The Kier molecular flexibility index (Phi) is 3.90. The lowest BCUT2D eigenvalue weighted by Crippen LogP contribution is -2.46. The second-order valence-electron chi connectivity index (χ2n) is 5.47. The number of esters is 1. The molecule has 1 aromatic carbocycles. The maximum atomic E-state index is 12.1. The third-order valence-electron chi connectivity index (χ3n) is 4.28. The third kappa shape index (κ3) is 2.41. The van der Waals surface area contributed by atoms with E-state index < -0.39 is 5.54 Å². The first kappa shape index (κ1) is 14.1. The molecule has 0 unspecified atom stereocenters. The monoisotopic (exact) mass is 387 g/mol. The summed E-state index contributed by atoms with van der Waals surface area (Å²) in [5.41, 5.74) is -0.443. The molecule has 0 saturated carbocycles. The number of rotatable bonds is 3. The molecule has 4 nitrogen and oxygen atoms in total. The van der Waals surface area contributed by atoms with Gasteiger partial charge in [0.25, 0.3) is 0 Å². The molecule has 2 aliphatic rings. The van der Waals surface area contributed by atoms with Crippen molar-refractivity contribution in [2.75, 3.05) is 20.2 Å². The lowest BCUT2D eigenvalue weighted by atomic mass is 9.93. The Morgan fingerprint density at radius 2 is 2.35 bits per heavy atom. The van der Waals surface area contributed by atoms with Crippen LogP contribution in [0.5, 0.6) is 5.75 Å². The van der Waals surface area contributed by atoms with Crippen molar-refractivity contribution in [3.8, 4) is 5.75 Å². The minimum atomic E-state index is -0.443. The molecule has 2 atom stereocenters. The molecule has 0 aliphatic carbocycles. The molecule has 0 bridgehead atoms. The smallest absolute Gasteiger partial charge is 0.326 e. The number of hydrogen-bond acceptors (Lipinski definition) is 4. The van der Waals surface area contributed by atoms with Crippen LogP contribution in [-0.2, 0) is 9.53 Å². The molecule has 1 aromatic rings. The minimum absolute atomic E-state index is 0.0626. The maximum Gasteiger partial charge on any atom is 0.326 e. The van der Waals surface area contributed by atoms with Crippen molar-refractivity contribution >= 4 is 28.6 Å². The zero-order valence-electron chi connectivity index (χ0n) is 11.5. The van der Waals surface area contributed by atoms with Crippen molar-refractivity contribution in [3.05, 3.63) is 27.8 Å². The molecule has 0 N–H and O–H groups in total. The van der Waals surface area contributed by atoms with E-state index in [-0.39, 0.29) is 12.1 Å². The highest BCUT2D eigenvalue weighted by Gasteiger charge is 2.55. The fourth-order valence-electron chi connectivity index (χ4n) is 3.43. The first-order chi connectivity index (χ1) is 9.64. The quantitative estimate of drug-likeness (QED) is 0.590. The zero-order valence-corrected chi connectivity index (χ0v) is 13.6. The number of ether oxygens (including phenoxy) is 2. The summed E-state index contributed by atoms with van der Waals surface area (Å²) in [4.78, 5) is 14.4. The first-order valence-electron chi connectivity index (χ1n) is 6.90. The molecule has 0 radical (unpaired) electrons. The minimum Gasteiger partial charge on any atom is -0.489 e. The summed E-state index contributed by atoms with van der Waals surface area (Å²) in [5.74, 6) is 0.770. The van der Waals surface area contributed by atoms with Crippen LogP contribution in [0.15, 0.2) is 24.3 Å². The molecule has 3 rings (SSSR count). The molecule has 0 spiro atoms. The van der Waals surface area contributed by atoms with E-state index in [2.05, 4.69) is 27.5 Å². The van der Waals surface area contributed by atoms with Gasteiger partial charge in [0.2, 0.25) is 0 Å². The molecule has 2 heterocycles. The average molecular weight is 387 g/mol. The summed E-state index contributed by atoms with van der Waals surface area (Å²) < 4.78 is 12.2. The summed E-state index contributed by atoms with van der Waals surface area (Å²) in [6, 6.07) is 8.02. The largest absolute Gasteiger partial charge is 0.489 e. The highest BCUT2D eigenvalue weighted by molar-refractivity contribution is 14.1. The standard InChI is InChI=1S/C15H18INO3/c1-19-14(18)15-6-3-7-17(15)10-13(9-15)20-12-5-2-4-11(16)8-12/h2,4-5,8,13H,3,6-7,9-10H2,1H3/t13-,15+/m1/s1. The van der Waals surface area contributed by atoms with Crippen molar-refractivity contribution in [1.29, 1.82) is 0 Å². The summed E-state index contributed by atoms with van der Waals surface area (Å²) in [6.07, 6.45) is 2.73. The first-order valence-corrected chi connectivity index (χ1v) is 7.98.